The van der Waals surface area contributed by atoms with Gasteiger partial charge in [-0.15, -0.1) is 0 Å². The van der Waals surface area contributed by atoms with E-state index in [0.29, 0.717) is 100 Å². The molecule has 23 heteroatoms. The number of rotatable bonds is 17. The number of thioether (sulfide) groups is 1. The van der Waals surface area contributed by atoms with Crippen molar-refractivity contribution in [2.75, 3.05) is 12.5 Å². The Morgan fingerprint density at radius 3 is 0.809 bits per heavy atom. The largest absolute Gasteiger partial charge is 0.286 e. The zero-order chi connectivity index (χ0) is 79.3. The van der Waals surface area contributed by atoms with Crippen molar-refractivity contribution in [3.05, 3.63) is 391 Å². The quantitative estimate of drug-likeness (QED) is 0.0785. The summed E-state index contributed by atoms with van der Waals surface area (Å²) in [5.74, 6) is 3.45. The van der Waals surface area contributed by atoms with E-state index >= 15 is 0 Å². The lowest BCUT2D eigenvalue weighted by molar-refractivity contribution is 0.599. The summed E-state index contributed by atoms with van der Waals surface area (Å²) in [5, 5.41) is 2.19. The third kappa shape index (κ3) is 16.1. The third-order valence-corrected chi connectivity index (χ3v) is 21.7. The van der Waals surface area contributed by atoms with E-state index in [9.17, 15) is 22.8 Å². The highest BCUT2D eigenvalue weighted by molar-refractivity contribution is 9.08. The van der Waals surface area contributed by atoms with Gasteiger partial charge in [0.2, 0.25) is 0 Å². The molecule has 0 N–H and O–H groups in total. The van der Waals surface area contributed by atoms with Crippen LogP contribution in [0.15, 0.2) is 342 Å². The van der Waals surface area contributed by atoms with Crippen LogP contribution in [-0.4, -0.2) is 78.2 Å². The summed E-state index contributed by atoms with van der Waals surface area (Å²) >= 11 is 23.7. The van der Waals surface area contributed by atoms with Gasteiger partial charge in [0, 0.05) is 55.1 Å². The fourth-order valence-electron chi connectivity index (χ4n) is 13.8. The lowest BCUT2D eigenvalue weighted by atomic mass is 10.0. The number of imidazole rings is 3. The van der Waals surface area contributed by atoms with E-state index in [-0.39, 0.29) is 33.9 Å². The van der Waals surface area contributed by atoms with Crippen LogP contribution in [0.25, 0.3) is 135 Å². The predicted molar refractivity (Wildman–Crippen MR) is 469 cm³/mol. The lowest BCUT2D eigenvalue weighted by Crippen LogP contribution is -2.22. The van der Waals surface area contributed by atoms with Gasteiger partial charge in [-0.25, -0.2) is 38.3 Å². The number of halogens is 4. The van der Waals surface area contributed by atoms with Crippen LogP contribution in [0.1, 0.15) is 17.5 Å². The SMILES string of the molecule is CS(=O)(=O)Cc1nc2c(=O)n(-c3ccc(Cl)cc3)c(-c3ccc(-c4ccccc4)cc3)nc2n1-c1ccccc1.CSCc1nc2c(=O)n(-c3ccc(Cl)cc3)c(-c3ccc(-c4ccccc4)cc3)nc2n1-c1ccccc1.O=c1c2nc(CBr)n(-c3ccccc3)c2nc(-c2ccc(-c3ccccc3)cc2)n1-c1ccc(Cl)cc1. The minimum absolute atomic E-state index is 0.0714. The molecule has 0 spiro atoms. The number of aromatic nitrogens is 12. The summed E-state index contributed by atoms with van der Waals surface area (Å²) in [6.07, 6.45) is 3.16. The van der Waals surface area contributed by atoms with E-state index in [1.165, 1.54) is 4.57 Å². The van der Waals surface area contributed by atoms with Crippen molar-refractivity contribution >= 4 is 106 Å². The summed E-state index contributed by atoms with van der Waals surface area (Å²) < 4.78 is 35.0. The number of hydrogen-bond donors (Lipinski definition) is 0. The number of para-hydroxylation sites is 3. The molecule has 12 aromatic carbocycles. The predicted octanol–water partition coefficient (Wildman–Crippen LogP) is 21.0. The van der Waals surface area contributed by atoms with Crippen LogP contribution >= 0.6 is 62.5 Å². The molecule has 0 saturated heterocycles. The van der Waals surface area contributed by atoms with Crippen molar-refractivity contribution in [3.63, 3.8) is 0 Å². The first-order valence-electron chi connectivity index (χ1n) is 36.3. The Balaban J connectivity index is 0.000000130. The number of fused-ring (bicyclic) bond motifs is 3. The molecule has 0 saturated carbocycles. The molecule has 0 aliphatic rings. The van der Waals surface area contributed by atoms with E-state index in [0.717, 1.165) is 68.0 Å². The van der Waals surface area contributed by atoms with Gasteiger partial charge >= 0.3 is 0 Å². The molecule has 564 valence electrons. The summed E-state index contributed by atoms with van der Waals surface area (Å²) in [4.78, 5) is 71.4. The molecular weight excluding hydrogens is 1600 g/mol. The fraction of sp³-hybridized carbons (Fsp3) is 0.0543. The maximum Gasteiger partial charge on any atom is 0.286 e. The first kappa shape index (κ1) is 76.3. The Morgan fingerprint density at radius 1 is 0.296 bits per heavy atom. The summed E-state index contributed by atoms with van der Waals surface area (Å²) in [7, 11) is -3.46. The van der Waals surface area contributed by atoms with E-state index in [1.807, 2.05) is 258 Å². The van der Waals surface area contributed by atoms with Crippen LogP contribution in [0.2, 0.25) is 15.1 Å². The van der Waals surface area contributed by atoms with Crippen molar-refractivity contribution in [1.82, 2.24) is 57.3 Å². The molecule has 0 unspecified atom stereocenters. The minimum atomic E-state index is -3.46. The van der Waals surface area contributed by atoms with Crippen LogP contribution in [0.5, 0.6) is 0 Å². The second kappa shape index (κ2) is 33.6. The van der Waals surface area contributed by atoms with Gasteiger partial charge in [-0.3, -0.25) is 41.8 Å². The molecule has 0 bridgehead atoms. The van der Waals surface area contributed by atoms with E-state index in [4.69, 9.17) is 59.7 Å². The van der Waals surface area contributed by atoms with Gasteiger partial charge < -0.3 is 0 Å². The zero-order valence-electron chi connectivity index (χ0n) is 61.5. The first-order chi connectivity index (χ1) is 56.1. The van der Waals surface area contributed by atoms with Crippen LogP contribution in [0.3, 0.4) is 0 Å². The van der Waals surface area contributed by atoms with Crippen LogP contribution in [-0.2, 0) is 26.7 Å². The first-order valence-corrected chi connectivity index (χ1v) is 42.0. The number of sulfone groups is 1. The van der Waals surface area contributed by atoms with Crippen molar-refractivity contribution in [2.45, 2.75) is 16.8 Å². The Hall–Kier alpha value is -12.7. The van der Waals surface area contributed by atoms with Crippen molar-refractivity contribution in [1.29, 1.82) is 0 Å². The van der Waals surface area contributed by atoms with E-state index in [1.54, 1.807) is 74.0 Å². The van der Waals surface area contributed by atoms with Gasteiger partial charge in [-0.1, -0.05) is 269 Å². The van der Waals surface area contributed by atoms with Crippen LogP contribution in [0, 0.1) is 0 Å². The number of alkyl halides is 1. The normalized spacial score (nSPS) is 11.4. The number of hydrogen-bond acceptors (Lipinski definition) is 12. The summed E-state index contributed by atoms with van der Waals surface area (Å²) in [6, 6.07) is 105. The Bertz CT molecular complexity index is 6870. The zero-order valence-corrected chi connectivity index (χ0v) is 67.0. The van der Waals surface area contributed by atoms with Crippen molar-refractivity contribution in [2.24, 2.45) is 0 Å². The van der Waals surface area contributed by atoms with Gasteiger partial charge in [0.25, 0.3) is 16.7 Å². The van der Waals surface area contributed by atoms with Crippen LogP contribution in [0.4, 0.5) is 0 Å². The molecule has 0 fully saturated rings. The topological polar surface area (TPSA) is 192 Å². The van der Waals surface area contributed by atoms with Gasteiger partial charge in [-0.2, -0.15) is 11.8 Å². The summed E-state index contributed by atoms with van der Waals surface area (Å²) in [5.41, 5.74) is 14.4. The van der Waals surface area contributed by atoms with Gasteiger partial charge in [-0.05, 0) is 149 Å². The molecule has 17 nitrogen and oxygen atoms in total. The fourth-order valence-corrected chi connectivity index (χ4v) is 15.6. The summed E-state index contributed by atoms with van der Waals surface area (Å²) in [6.45, 7) is 0. The molecular formula is C92H66BrCl3N12O5S2. The maximum atomic E-state index is 14.1. The molecule has 6 heterocycles. The average molecular weight is 1670 g/mol. The Labute approximate surface area is 688 Å². The highest BCUT2D eigenvalue weighted by atomic mass is 79.9. The second-order valence-corrected chi connectivity index (χ2v) is 31.6. The second-order valence-electron chi connectivity index (χ2n) is 26.7. The van der Waals surface area contributed by atoms with E-state index < -0.39 is 15.4 Å². The molecule has 18 rings (SSSR count). The lowest BCUT2D eigenvalue weighted by Gasteiger charge is -2.14. The molecule has 0 radical (unpaired) electrons. The van der Waals surface area contributed by atoms with Crippen LogP contribution < -0.4 is 16.7 Å². The standard InChI is InChI=1S/C31H23ClN4O3S.C31H23ClN4OS.C30H20BrClN4O/c1-40(38,39)20-27-33-28-30(35(27)25-10-6-3-7-11-25)34-29(36(31(28)37)26-18-16-24(32)17-19-26)23-14-12-22(13-15-23)21-8-4-2-5-9-21;1-38-20-27-33-28-30(35(27)25-10-6-3-7-11-25)34-29(36(31(28)37)26-18-16-24(32)17-19-26)23-14-12-22(13-15-23)21-8-4-2-5-9-21;31-19-26-33-27-29(35(26)24-9-5-2-6-10-24)34-28(36(30(27)37)25-17-15-23(32)16-18-25)22-13-11-21(12-14-22)20-7-3-1-4-8-20/h2-19H,20H2,1H3;2-19H,20H2,1H3;1-18H,19H2. The molecule has 0 amide bonds. The highest BCUT2D eigenvalue weighted by Crippen LogP contribution is 2.34. The maximum absolute atomic E-state index is 14.1. The monoisotopic (exact) mass is 1670 g/mol. The molecule has 0 atom stereocenters. The molecule has 0 aliphatic carbocycles. The molecule has 18 aromatic rings. The van der Waals surface area contributed by atoms with Gasteiger partial charge in [0.1, 0.15) is 40.7 Å². The number of benzene rings is 12. The van der Waals surface area contributed by atoms with Crippen molar-refractivity contribution < 1.29 is 8.42 Å². The van der Waals surface area contributed by atoms with E-state index in [2.05, 4.69) is 57.3 Å². The Kier molecular flexibility index (Phi) is 22.3. The Morgan fingerprint density at radius 2 is 0.530 bits per heavy atom. The van der Waals surface area contributed by atoms with Gasteiger partial charge in [0.15, 0.2) is 43.3 Å². The highest BCUT2D eigenvalue weighted by Gasteiger charge is 2.27. The molecule has 115 heavy (non-hydrogen) atoms. The van der Waals surface area contributed by atoms with Crippen molar-refractivity contribution in [3.8, 4) is 102 Å². The number of nitrogens with zero attached hydrogens (tertiary/aromatic N) is 12. The molecule has 0 aliphatic heterocycles. The average Bonchev–Trinajstić information content (AvgIpc) is 1.63. The minimum Gasteiger partial charge on any atom is -0.280 e. The molecule has 6 aromatic heterocycles. The van der Waals surface area contributed by atoms with Gasteiger partial charge in [0.05, 0.1) is 28.1 Å². The smallest absolute Gasteiger partial charge is 0.280 e. The third-order valence-electron chi connectivity index (χ3n) is 19.1.